The minimum Gasteiger partial charge on any atom is -0.276 e. The van der Waals surface area contributed by atoms with Gasteiger partial charge < -0.3 is 0 Å². The van der Waals surface area contributed by atoms with Gasteiger partial charge in [-0.25, -0.2) is 0 Å². The minimum atomic E-state index is -0.601. The first-order valence-electron chi connectivity index (χ1n) is 4.52. The molecule has 2 rings (SSSR count). The molecule has 0 spiro atoms. The summed E-state index contributed by atoms with van der Waals surface area (Å²) < 4.78 is 0. The Morgan fingerprint density at radius 1 is 0.812 bits per heavy atom. The van der Waals surface area contributed by atoms with Gasteiger partial charge in [0, 0.05) is 16.5 Å². The van der Waals surface area contributed by atoms with Crippen molar-refractivity contribution in [3.63, 3.8) is 0 Å². The van der Waals surface area contributed by atoms with Gasteiger partial charge in [0.05, 0.1) is 0 Å². The van der Waals surface area contributed by atoms with E-state index in [9.17, 15) is 9.59 Å². The molecular formula is C12H6Cl2O2. The van der Waals surface area contributed by atoms with Gasteiger partial charge in [-0.1, -0.05) is 24.3 Å². The van der Waals surface area contributed by atoms with Crippen molar-refractivity contribution in [2.75, 3.05) is 0 Å². The Morgan fingerprint density at radius 3 is 1.62 bits per heavy atom. The van der Waals surface area contributed by atoms with Gasteiger partial charge in [-0.15, -0.1) is 0 Å². The zero-order valence-electron chi connectivity index (χ0n) is 8.04. The molecule has 0 heterocycles. The van der Waals surface area contributed by atoms with Crippen LogP contribution in [0.2, 0.25) is 0 Å². The second-order valence-electron chi connectivity index (χ2n) is 3.26. The highest BCUT2D eigenvalue weighted by molar-refractivity contribution is 6.70. The fraction of sp³-hybridized carbons (Fsp3) is 0. The van der Waals surface area contributed by atoms with Gasteiger partial charge >= 0.3 is 0 Å². The average Bonchev–Trinajstić information content (AvgIpc) is 2.27. The molecule has 2 nitrogen and oxygen atoms in total. The minimum absolute atomic E-state index is 0.295. The first-order valence-corrected chi connectivity index (χ1v) is 5.28. The van der Waals surface area contributed by atoms with Crippen LogP contribution in [0.25, 0.3) is 10.8 Å². The van der Waals surface area contributed by atoms with Crippen LogP contribution in [0, 0.1) is 0 Å². The first-order chi connectivity index (χ1) is 7.61. The molecule has 4 heteroatoms. The van der Waals surface area contributed by atoms with Crippen LogP contribution in [0.5, 0.6) is 0 Å². The zero-order chi connectivity index (χ0) is 11.7. The lowest BCUT2D eigenvalue weighted by Gasteiger charge is -2.05. The lowest BCUT2D eigenvalue weighted by atomic mass is 10.0. The van der Waals surface area contributed by atoms with E-state index in [1.165, 1.54) is 0 Å². The van der Waals surface area contributed by atoms with Crippen LogP contribution in [-0.4, -0.2) is 10.5 Å². The van der Waals surface area contributed by atoms with Crippen LogP contribution >= 0.6 is 23.2 Å². The largest absolute Gasteiger partial charge is 0.276 e. The number of carbonyl (C=O) groups is 2. The molecular weight excluding hydrogens is 247 g/mol. The number of carbonyl (C=O) groups excluding carboxylic acids is 2. The number of fused-ring (bicyclic) bond motifs is 1. The van der Waals surface area contributed by atoms with Crippen LogP contribution in [0.1, 0.15) is 20.7 Å². The van der Waals surface area contributed by atoms with E-state index in [0.29, 0.717) is 16.5 Å². The number of halogens is 2. The maximum atomic E-state index is 11.2. The van der Waals surface area contributed by atoms with E-state index in [4.69, 9.17) is 23.2 Å². The fourth-order valence-corrected chi connectivity index (χ4v) is 1.98. The molecule has 0 amide bonds. The standard InChI is InChI=1S/C12H6Cl2O2/c13-11(15)8-5-1-3-7-4-2-6-9(10(7)8)12(14)16/h1-6H. The van der Waals surface area contributed by atoms with Gasteiger partial charge in [0.15, 0.2) is 0 Å². The molecule has 0 radical (unpaired) electrons. The van der Waals surface area contributed by atoms with Crippen molar-refractivity contribution < 1.29 is 9.59 Å². The SMILES string of the molecule is O=C(Cl)c1cccc2cccc(C(=O)Cl)c12. The Morgan fingerprint density at radius 2 is 1.25 bits per heavy atom. The summed E-state index contributed by atoms with van der Waals surface area (Å²) in [6.07, 6.45) is 0. The maximum Gasteiger partial charge on any atom is 0.253 e. The van der Waals surface area contributed by atoms with Crippen LogP contribution in [0.15, 0.2) is 36.4 Å². The zero-order valence-corrected chi connectivity index (χ0v) is 9.55. The lowest BCUT2D eigenvalue weighted by Crippen LogP contribution is -1.97. The highest BCUT2D eigenvalue weighted by Crippen LogP contribution is 2.25. The van der Waals surface area contributed by atoms with Gasteiger partial charge in [-0.05, 0) is 40.7 Å². The van der Waals surface area contributed by atoms with Crippen molar-refractivity contribution in [1.29, 1.82) is 0 Å². The van der Waals surface area contributed by atoms with Crippen LogP contribution < -0.4 is 0 Å². The smallest absolute Gasteiger partial charge is 0.253 e. The Labute approximate surface area is 102 Å². The van der Waals surface area contributed by atoms with Crippen molar-refractivity contribution in [3.05, 3.63) is 47.5 Å². The Hall–Kier alpha value is -1.38. The predicted octanol–water partition coefficient (Wildman–Crippen LogP) is 3.60. The molecule has 0 aliphatic carbocycles. The molecule has 0 saturated carbocycles. The molecule has 2 aromatic rings. The third-order valence-electron chi connectivity index (χ3n) is 2.33. The third kappa shape index (κ3) is 1.82. The highest BCUT2D eigenvalue weighted by Gasteiger charge is 2.13. The number of benzene rings is 2. The van der Waals surface area contributed by atoms with Gasteiger partial charge in [0.25, 0.3) is 10.5 Å². The summed E-state index contributed by atoms with van der Waals surface area (Å²) in [4.78, 5) is 22.5. The molecule has 0 saturated heterocycles. The summed E-state index contributed by atoms with van der Waals surface area (Å²) >= 11 is 10.9. The monoisotopic (exact) mass is 252 g/mol. The van der Waals surface area contributed by atoms with Gasteiger partial charge in [0.1, 0.15) is 0 Å². The van der Waals surface area contributed by atoms with Crippen molar-refractivity contribution in [2.24, 2.45) is 0 Å². The van der Waals surface area contributed by atoms with Crippen LogP contribution in [0.4, 0.5) is 0 Å². The summed E-state index contributed by atoms with van der Waals surface area (Å²) in [6, 6.07) is 10.1. The van der Waals surface area contributed by atoms with Crippen molar-refractivity contribution >= 4 is 44.5 Å². The summed E-state index contributed by atoms with van der Waals surface area (Å²) in [5.41, 5.74) is 0.590. The molecule has 0 aliphatic heterocycles. The molecule has 0 N–H and O–H groups in total. The molecule has 0 fully saturated rings. The predicted molar refractivity (Wildman–Crippen MR) is 64.3 cm³/mol. The van der Waals surface area contributed by atoms with Crippen molar-refractivity contribution in [3.8, 4) is 0 Å². The van der Waals surface area contributed by atoms with Gasteiger partial charge in [-0.3, -0.25) is 9.59 Å². The molecule has 0 atom stereocenters. The second-order valence-corrected chi connectivity index (χ2v) is 3.94. The molecule has 16 heavy (non-hydrogen) atoms. The number of rotatable bonds is 2. The van der Waals surface area contributed by atoms with E-state index in [-0.39, 0.29) is 0 Å². The molecule has 0 unspecified atom stereocenters. The molecule has 0 aliphatic rings. The summed E-state index contributed by atoms with van der Waals surface area (Å²) in [5.74, 6) is 0. The average molecular weight is 253 g/mol. The Kier molecular flexibility index (Phi) is 2.95. The molecule has 0 aromatic heterocycles. The van der Waals surface area contributed by atoms with Crippen molar-refractivity contribution in [1.82, 2.24) is 0 Å². The lowest BCUT2D eigenvalue weighted by molar-refractivity contribution is 0.107. The first kappa shape index (κ1) is 11.1. The number of hydrogen-bond acceptors (Lipinski definition) is 2. The molecule has 0 bridgehead atoms. The van der Waals surface area contributed by atoms with E-state index in [1.807, 2.05) is 0 Å². The normalized spacial score (nSPS) is 10.4. The van der Waals surface area contributed by atoms with Crippen LogP contribution in [-0.2, 0) is 0 Å². The topological polar surface area (TPSA) is 34.1 Å². The second kappa shape index (κ2) is 4.24. The summed E-state index contributed by atoms with van der Waals surface area (Å²) in [7, 11) is 0. The Balaban J connectivity index is 2.92. The van der Waals surface area contributed by atoms with E-state index in [0.717, 1.165) is 5.39 Å². The third-order valence-corrected chi connectivity index (χ3v) is 2.74. The molecule has 80 valence electrons. The summed E-state index contributed by atoms with van der Waals surface area (Å²) in [6.45, 7) is 0. The van der Waals surface area contributed by atoms with Gasteiger partial charge in [-0.2, -0.15) is 0 Å². The molecule has 2 aromatic carbocycles. The van der Waals surface area contributed by atoms with Crippen molar-refractivity contribution in [2.45, 2.75) is 0 Å². The van der Waals surface area contributed by atoms with E-state index < -0.39 is 10.5 Å². The fourth-order valence-electron chi connectivity index (χ4n) is 1.67. The van der Waals surface area contributed by atoms with E-state index >= 15 is 0 Å². The van der Waals surface area contributed by atoms with E-state index in [2.05, 4.69) is 0 Å². The quantitative estimate of drug-likeness (QED) is 0.766. The highest BCUT2D eigenvalue weighted by atomic mass is 35.5. The van der Waals surface area contributed by atoms with Crippen LogP contribution in [0.3, 0.4) is 0 Å². The van der Waals surface area contributed by atoms with E-state index in [1.54, 1.807) is 36.4 Å². The number of hydrogen-bond donors (Lipinski definition) is 0. The van der Waals surface area contributed by atoms with Gasteiger partial charge in [0.2, 0.25) is 0 Å². The maximum absolute atomic E-state index is 11.2. The summed E-state index contributed by atoms with van der Waals surface area (Å²) in [5, 5.41) is 0.0648. The Bertz CT molecular complexity index is 542.